The summed E-state index contributed by atoms with van der Waals surface area (Å²) in [6.07, 6.45) is 3.49. The van der Waals surface area contributed by atoms with Gasteiger partial charge < -0.3 is 14.9 Å². The molecule has 0 fully saturated rings. The largest absolute Gasteiger partial charge is 0.438 e. The predicted molar refractivity (Wildman–Crippen MR) is 67.6 cm³/mol. The van der Waals surface area contributed by atoms with E-state index < -0.39 is 0 Å². The van der Waals surface area contributed by atoms with E-state index in [2.05, 4.69) is 11.9 Å². The SMILES string of the molecule is CCCCCOCc1nc2cc(N)ccc2o1. The topological polar surface area (TPSA) is 61.3 Å². The van der Waals surface area contributed by atoms with E-state index in [1.807, 2.05) is 6.07 Å². The molecule has 0 aliphatic heterocycles. The van der Waals surface area contributed by atoms with Crippen molar-refractivity contribution in [1.82, 2.24) is 4.98 Å². The van der Waals surface area contributed by atoms with Crippen molar-refractivity contribution >= 4 is 16.8 Å². The number of unbranched alkanes of at least 4 members (excludes halogenated alkanes) is 2. The molecule has 2 rings (SSSR count). The molecule has 0 aliphatic rings. The van der Waals surface area contributed by atoms with Crippen LogP contribution in [0.5, 0.6) is 0 Å². The van der Waals surface area contributed by atoms with E-state index >= 15 is 0 Å². The van der Waals surface area contributed by atoms with E-state index in [0.717, 1.165) is 24.1 Å². The Labute approximate surface area is 101 Å². The molecule has 2 N–H and O–H groups in total. The lowest BCUT2D eigenvalue weighted by Gasteiger charge is -1.99. The molecule has 1 aromatic heterocycles. The number of benzene rings is 1. The van der Waals surface area contributed by atoms with Crippen LogP contribution in [-0.2, 0) is 11.3 Å². The minimum atomic E-state index is 0.429. The van der Waals surface area contributed by atoms with E-state index in [1.54, 1.807) is 12.1 Å². The number of hydrogen-bond acceptors (Lipinski definition) is 4. The number of aromatic nitrogens is 1. The summed E-state index contributed by atoms with van der Waals surface area (Å²) in [7, 11) is 0. The Hall–Kier alpha value is -1.55. The average molecular weight is 234 g/mol. The van der Waals surface area contributed by atoms with E-state index in [4.69, 9.17) is 14.9 Å². The highest BCUT2D eigenvalue weighted by Crippen LogP contribution is 2.18. The third kappa shape index (κ3) is 3.20. The van der Waals surface area contributed by atoms with Crippen LogP contribution in [0.1, 0.15) is 32.1 Å². The van der Waals surface area contributed by atoms with Crippen LogP contribution in [-0.4, -0.2) is 11.6 Å². The highest BCUT2D eigenvalue weighted by molar-refractivity contribution is 5.76. The van der Waals surface area contributed by atoms with Crippen molar-refractivity contribution in [2.45, 2.75) is 32.8 Å². The maximum absolute atomic E-state index is 5.68. The molecule has 0 atom stereocenters. The molecule has 4 nitrogen and oxygen atoms in total. The van der Waals surface area contributed by atoms with Gasteiger partial charge in [-0.05, 0) is 24.6 Å². The Kier molecular flexibility index (Phi) is 3.98. The lowest BCUT2D eigenvalue weighted by molar-refractivity contribution is 0.100. The first-order valence-corrected chi connectivity index (χ1v) is 6.02. The zero-order chi connectivity index (χ0) is 12.1. The van der Waals surface area contributed by atoms with Crippen LogP contribution in [0.15, 0.2) is 22.6 Å². The van der Waals surface area contributed by atoms with E-state index in [0.29, 0.717) is 18.2 Å². The van der Waals surface area contributed by atoms with Gasteiger partial charge in [-0.3, -0.25) is 0 Å². The summed E-state index contributed by atoms with van der Waals surface area (Å²) in [5, 5.41) is 0. The summed E-state index contributed by atoms with van der Waals surface area (Å²) < 4.78 is 11.0. The number of ether oxygens (including phenoxy) is 1. The van der Waals surface area contributed by atoms with Crippen molar-refractivity contribution in [3.63, 3.8) is 0 Å². The van der Waals surface area contributed by atoms with Gasteiger partial charge >= 0.3 is 0 Å². The van der Waals surface area contributed by atoms with Gasteiger partial charge in [0.05, 0.1) is 0 Å². The van der Waals surface area contributed by atoms with E-state index in [-0.39, 0.29) is 0 Å². The van der Waals surface area contributed by atoms with Gasteiger partial charge in [-0.1, -0.05) is 19.8 Å². The highest BCUT2D eigenvalue weighted by atomic mass is 16.5. The standard InChI is InChI=1S/C13H18N2O2/c1-2-3-4-7-16-9-13-15-11-8-10(14)5-6-12(11)17-13/h5-6,8H,2-4,7,9,14H2,1H3. The van der Waals surface area contributed by atoms with Crippen molar-refractivity contribution in [3.8, 4) is 0 Å². The number of oxazole rings is 1. The molecular formula is C13H18N2O2. The fraction of sp³-hybridized carbons (Fsp3) is 0.462. The van der Waals surface area contributed by atoms with Gasteiger partial charge in [0.1, 0.15) is 12.1 Å². The molecule has 2 aromatic rings. The van der Waals surface area contributed by atoms with Crippen LogP contribution >= 0.6 is 0 Å². The number of hydrogen-bond donors (Lipinski definition) is 1. The zero-order valence-electron chi connectivity index (χ0n) is 10.1. The van der Waals surface area contributed by atoms with Gasteiger partial charge in [-0.15, -0.1) is 0 Å². The monoisotopic (exact) mass is 234 g/mol. The van der Waals surface area contributed by atoms with Gasteiger partial charge in [0.25, 0.3) is 0 Å². The fourth-order valence-electron chi connectivity index (χ4n) is 1.67. The van der Waals surface area contributed by atoms with Crippen LogP contribution in [0.3, 0.4) is 0 Å². The molecule has 92 valence electrons. The van der Waals surface area contributed by atoms with Crippen molar-refractivity contribution < 1.29 is 9.15 Å². The van der Waals surface area contributed by atoms with Gasteiger partial charge in [-0.25, -0.2) is 4.98 Å². The Morgan fingerprint density at radius 1 is 1.35 bits per heavy atom. The Morgan fingerprint density at radius 3 is 3.06 bits per heavy atom. The summed E-state index contributed by atoms with van der Waals surface area (Å²) >= 11 is 0. The number of fused-ring (bicyclic) bond motifs is 1. The average Bonchev–Trinajstić information content (AvgIpc) is 2.70. The molecule has 0 saturated heterocycles. The smallest absolute Gasteiger partial charge is 0.221 e. The molecule has 0 amide bonds. The van der Waals surface area contributed by atoms with Gasteiger partial charge in [0.15, 0.2) is 5.58 Å². The van der Waals surface area contributed by atoms with Crippen molar-refractivity contribution in [2.24, 2.45) is 0 Å². The third-order valence-corrected chi connectivity index (χ3v) is 2.57. The number of rotatable bonds is 6. The van der Waals surface area contributed by atoms with Crippen LogP contribution in [0.25, 0.3) is 11.1 Å². The molecule has 0 bridgehead atoms. The predicted octanol–water partition coefficient (Wildman–Crippen LogP) is 3.12. The molecule has 0 aliphatic carbocycles. The van der Waals surface area contributed by atoms with Crippen LogP contribution in [0.2, 0.25) is 0 Å². The minimum absolute atomic E-state index is 0.429. The summed E-state index contributed by atoms with van der Waals surface area (Å²) in [5.74, 6) is 0.613. The molecule has 1 heterocycles. The maximum Gasteiger partial charge on any atom is 0.221 e. The van der Waals surface area contributed by atoms with E-state index in [1.165, 1.54) is 12.8 Å². The normalized spacial score (nSPS) is 11.1. The second kappa shape index (κ2) is 5.68. The number of anilines is 1. The second-order valence-electron chi connectivity index (χ2n) is 4.09. The summed E-state index contributed by atoms with van der Waals surface area (Å²) in [6, 6.07) is 5.44. The first-order valence-electron chi connectivity index (χ1n) is 6.02. The lowest BCUT2D eigenvalue weighted by Crippen LogP contribution is -1.95. The molecule has 17 heavy (non-hydrogen) atoms. The van der Waals surface area contributed by atoms with E-state index in [9.17, 15) is 0 Å². The Bertz CT molecular complexity index is 479. The number of nitrogens with two attached hydrogens (primary N) is 1. The van der Waals surface area contributed by atoms with Crippen LogP contribution in [0.4, 0.5) is 5.69 Å². The first-order chi connectivity index (χ1) is 8.29. The van der Waals surface area contributed by atoms with Crippen LogP contribution in [0, 0.1) is 0 Å². The fourth-order valence-corrected chi connectivity index (χ4v) is 1.67. The quantitative estimate of drug-likeness (QED) is 0.616. The molecule has 0 unspecified atom stereocenters. The molecule has 0 radical (unpaired) electrons. The minimum Gasteiger partial charge on any atom is -0.438 e. The molecule has 0 saturated carbocycles. The maximum atomic E-state index is 5.68. The van der Waals surface area contributed by atoms with Crippen molar-refractivity contribution in [2.75, 3.05) is 12.3 Å². The third-order valence-electron chi connectivity index (χ3n) is 2.57. The second-order valence-corrected chi connectivity index (χ2v) is 4.09. The highest BCUT2D eigenvalue weighted by Gasteiger charge is 2.05. The van der Waals surface area contributed by atoms with Crippen molar-refractivity contribution in [1.29, 1.82) is 0 Å². The Morgan fingerprint density at radius 2 is 2.24 bits per heavy atom. The van der Waals surface area contributed by atoms with Gasteiger partial charge in [0.2, 0.25) is 5.89 Å². The molecule has 1 aromatic carbocycles. The van der Waals surface area contributed by atoms with Gasteiger partial charge in [-0.2, -0.15) is 0 Å². The zero-order valence-corrected chi connectivity index (χ0v) is 10.1. The summed E-state index contributed by atoms with van der Waals surface area (Å²) in [6.45, 7) is 3.36. The summed E-state index contributed by atoms with van der Waals surface area (Å²) in [4.78, 5) is 4.32. The van der Waals surface area contributed by atoms with Gasteiger partial charge in [0, 0.05) is 12.3 Å². The van der Waals surface area contributed by atoms with Crippen LogP contribution < -0.4 is 5.73 Å². The first kappa shape index (κ1) is 11.9. The van der Waals surface area contributed by atoms with Crippen molar-refractivity contribution in [3.05, 3.63) is 24.1 Å². The lowest BCUT2D eigenvalue weighted by atomic mass is 10.3. The molecule has 4 heteroatoms. The molecule has 0 spiro atoms. The molecular weight excluding hydrogens is 216 g/mol. The summed E-state index contributed by atoms with van der Waals surface area (Å²) in [5.41, 5.74) is 7.92. The Balaban J connectivity index is 1.91. The number of nitrogen functional groups attached to an aromatic ring is 1. The number of nitrogens with zero attached hydrogens (tertiary/aromatic N) is 1.